The third-order valence-electron chi connectivity index (χ3n) is 6.53. The smallest absolute Gasteiger partial charge is 0.0776 e. The number of hydrogen-bond acceptors (Lipinski definition) is 2. The predicted octanol–water partition coefficient (Wildman–Crippen LogP) is 5.60. The van der Waals surface area contributed by atoms with Gasteiger partial charge in [0.2, 0.25) is 0 Å². The first-order chi connectivity index (χ1) is 13.8. The van der Waals surface area contributed by atoms with E-state index in [1.807, 2.05) is 6.21 Å². The van der Waals surface area contributed by atoms with E-state index in [-0.39, 0.29) is 6.04 Å². The molecule has 2 nitrogen and oxygen atoms in total. The van der Waals surface area contributed by atoms with Crippen molar-refractivity contribution in [2.24, 2.45) is 4.99 Å². The molecule has 0 N–H and O–H groups in total. The van der Waals surface area contributed by atoms with Gasteiger partial charge in [-0.15, -0.1) is 0 Å². The molecule has 2 heterocycles. The number of fused-ring (bicyclic) bond motifs is 3. The monoisotopic (exact) mass is 368 g/mol. The van der Waals surface area contributed by atoms with Crippen LogP contribution in [0.2, 0.25) is 0 Å². The Morgan fingerprint density at radius 3 is 2.43 bits per heavy atom. The normalized spacial score (nSPS) is 22.6. The number of hydrogen-bond donors (Lipinski definition) is 0. The topological polar surface area (TPSA) is 15.6 Å². The highest BCUT2D eigenvalue weighted by Crippen LogP contribution is 2.48. The molecule has 0 aromatic heterocycles. The molecule has 3 aliphatic rings. The number of nitrogens with zero attached hydrogens (tertiary/aromatic N) is 2. The minimum absolute atomic E-state index is 0.236. The number of aliphatic imine (C=N–C) groups is 1. The van der Waals surface area contributed by atoms with Crippen LogP contribution in [0.15, 0.2) is 71.2 Å². The minimum atomic E-state index is 0.236. The van der Waals surface area contributed by atoms with E-state index in [0.717, 1.165) is 6.42 Å². The second-order valence-electron chi connectivity index (χ2n) is 8.28. The second kappa shape index (κ2) is 7.52. The Balaban J connectivity index is 1.55. The van der Waals surface area contributed by atoms with Gasteiger partial charge in [0.25, 0.3) is 0 Å². The molecule has 2 aromatic carbocycles. The second-order valence-corrected chi connectivity index (χ2v) is 8.28. The first-order valence-electron chi connectivity index (χ1n) is 10.7. The van der Waals surface area contributed by atoms with Gasteiger partial charge in [-0.3, -0.25) is 4.99 Å². The molecule has 0 bridgehead atoms. The summed E-state index contributed by atoms with van der Waals surface area (Å²) in [6, 6.07) is 20.5. The fourth-order valence-electron chi connectivity index (χ4n) is 5.11. The summed E-state index contributed by atoms with van der Waals surface area (Å²) in [6.45, 7) is 4.87. The quantitative estimate of drug-likeness (QED) is 0.685. The predicted molar refractivity (Wildman–Crippen MR) is 119 cm³/mol. The largest absolute Gasteiger partial charge is 0.301 e. The summed E-state index contributed by atoms with van der Waals surface area (Å²) in [5.41, 5.74) is 8.21. The van der Waals surface area contributed by atoms with Crippen LogP contribution < -0.4 is 0 Å². The van der Waals surface area contributed by atoms with Gasteiger partial charge in [0.1, 0.15) is 0 Å². The van der Waals surface area contributed by atoms with Gasteiger partial charge in [0.05, 0.1) is 6.04 Å². The van der Waals surface area contributed by atoms with Gasteiger partial charge in [-0.05, 0) is 78.8 Å². The Morgan fingerprint density at radius 1 is 0.929 bits per heavy atom. The molecule has 2 aromatic rings. The number of benzene rings is 2. The summed E-state index contributed by atoms with van der Waals surface area (Å²) in [6.07, 6.45) is 9.41. The van der Waals surface area contributed by atoms with Gasteiger partial charge < -0.3 is 4.90 Å². The highest BCUT2D eigenvalue weighted by atomic mass is 15.2. The van der Waals surface area contributed by atoms with E-state index in [0.29, 0.717) is 6.04 Å². The van der Waals surface area contributed by atoms with Crippen molar-refractivity contribution in [1.82, 2.24) is 4.90 Å². The summed E-state index contributed by atoms with van der Waals surface area (Å²) >= 11 is 0. The van der Waals surface area contributed by atoms with Gasteiger partial charge in [0, 0.05) is 12.3 Å². The van der Waals surface area contributed by atoms with Crippen LogP contribution in [0.1, 0.15) is 49.3 Å². The molecule has 0 spiro atoms. The van der Waals surface area contributed by atoms with Crippen molar-refractivity contribution < 1.29 is 0 Å². The number of likely N-dealkylation sites (tertiary alicyclic amines) is 1. The Kier molecular flexibility index (Phi) is 4.74. The van der Waals surface area contributed by atoms with Crippen LogP contribution in [0.3, 0.4) is 0 Å². The SMILES string of the molecule is CC(CC1N=CC=C2C1=C(c1ccccc1)c1ccccc12)N1CCCCC1. The Hall–Kier alpha value is -2.45. The van der Waals surface area contributed by atoms with Gasteiger partial charge in [-0.25, -0.2) is 0 Å². The van der Waals surface area contributed by atoms with Crippen LogP contribution >= 0.6 is 0 Å². The zero-order valence-corrected chi connectivity index (χ0v) is 16.6. The summed E-state index contributed by atoms with van der Waals surface area (Å²) in [4.78, 5) is 7.65. The van der Waals surface area contributed by atoms with Crippen molar-refractivity contribution in [1.29, 1.82) is 0 Å². The lowest BCUT2D eigenvalue weighted by atomic mass is 9.88. The number of piperidine rings is 1. The zero-order chi connectivity index (χ0) is 18.9. The van der Waals surface area contributed by atoms with Crippen molar-refractivity contribution in [3.05, 3.63) is 82.9 Å². The van der Waals surface area contributed by atoms with Crippen LogP contribution in [0.4, 0.5) is 0 Å². The van der Waals surface area contributed by atoms with Crippen LogP contribution in [-0.4, -0.2) is 36.3 Å². The van der Waals surface area contributed by atoms with Crippen LogP contribution in [-0.2, 0) is 0 Å². The number of allylic oxidation sites excluding steroid dienone is 1. The Morgan fingerprint density at radius 2 is 1.64 bits per heavy atom. The van der Waals surface area contributed by atoms with Crippen molar-refractivity contribution >= 4 is 17.4 Å². The average molecular weight is 369 g/mol. The fourth-order valence-corrected chi connectivity index (χ4v) is 5.11. The first-order valence-corrected chi connectivity index (χ1v) is 10.7. The molecule has 142 valence electrons. The summed E-state index contributed by atoms with van der Waals surface area (Å²) in [5, 5.41) is 0. The van der Waals surface area contributed by atoms with E-state index in [1.54, 1.807) is 0 Å². The van der Waals surface area contributed by atoms with E-state index in [4.69, 9.17) is 4.99 Å². The molecule has 2 aliphatic heterocycles. The van der Waals surface area contributed by atoms with Gasteiger partial charge in [0.15, 0.2) is 0 Å². The van der Waals surface area contributed by atoms with E-state index in [9.17, 15) is 0 Å². The molecule has 1 aliphatic carbocycles. The lowest BCUT2D eigenvalue weighted by Crippen LogP contribution is -2.39. The molecule has 0 amide bonds. The molecule has 1 fully saturated rings. The molecule has 0 saturated carbocycles. The van der Waals surface area contributed by atoms with Gasteiger partial charge in [-0.2, -0.15) is 0 Å². The molecule has 2 heteroatoms. The van der Waals surface area contributed by atoms with E-state index in [1.165, 1.54) is 65.8 Å². The fraction of sp³-hybridized carbons (Fsp3) is 0.346. The first kappa shape index (κ1) is 17.6. The van der Waals surface area contributed by atoms with Gasteiger partial charge >= 0.3 is 0 Å². The summed E-state index contributed by atoms with van der Waals surface area (Å²) < 4.78 is 0. The standard InChI is InChI=1S/C26H28N2/c1-19(28-16-8-3-9-17-28)18-24-26-23(14-15-27-24)21-12-6-7-13-22(21)25(26)20-10-4-2-5-11-20/h2,4-7,10-15,19,24H,3,8-9,16-18H2,1H3. The number of rotatable bonds is 4. The minimum Gasteiger partial charge on any atom is -0.301 e. The van der Waals surface area contributed by atoms with Crippen molar-refractivity contribution in [2.75, 3.05) is 13.1 Å². The number of dihydropyridines is 1. The maximum absolute atomic E-state index is 4.98. The molecule has 0 radical (unpaired) electrons. The van der Waals surface area contributed by atoms with E-state index < -0.39 is 0 Å². The van der Waals surface area contributed by atoms with E-state index in [2.05, 4.69) is 72.5 Å². The molecule has 28 heavy (non-hydrogen) atoms. The maximum Gasteiger partial charge on any atom is 0.0776 e. The Bertz CT molecular complexity index is 945. The van der Waals surface area contributed by atoms with Crippen molar-refractivity contribution in [2.45, 2.75) is 44.7 Å². The molecule has 2 unspecified atom stereocenters. The third-order valence-corrected chi connectivity index (χ3v) is 6.53. The van der Waals surface area contributed by atoms with Gasteiger partial charge in [-0.1, -0.05) is 61.0 Å². The Labute approximate surface area is 168 Å². The van der Waals surface area contributed by atoms with Crippen LogP contribution in [0.5, 0.6) is 0 Å². The molecule has 5 rings (SSSR count). The van der Waals surface area contributed by atoms with Crippen molar-refractivity contribution in [3.63, 3.8) is 0 Å². The summed E-state index contributed by atoms with van der Waals surface area (Å²) in [7, 11) is 0. The maximum atomic E-state index is 4.98. The van der Waals surface area contributed by atoms with E-state index >= 15 is 0 Å². The molecular formula is C26H28N2. The molecule has 2 atom stereocenters. The molecule has 1 saturated heterocycles. The lowest BCUT2D eigenvalue weighted by Gasteiger charge is -2.34. The zero-order valence-electron chi connectivity index (χ0n) is 16.6. The lowest BCUT2D eigenvalue weighted by molar-refractivity contribution is 0.163. The third kappa shape index (κ3) is 3.06. The van der Waals surface area contributed by atoms with Crippen molar-refractivity contribution in [3.8, 4) is 0 Å². The van der Waals surface area contributed by atoms with Crippen LogP contribution in [0, 0.1) is 0 Å². The summed E-state index contributed by atoms with van der Waals surface area (Å²) in [5.74, 6) is 0. The average Bonchev–Trinajstić information content (AvgIpc) is 3.10. The highest BCUT2D eigenvalue weighted by Gasteiger charge is 2.34. The highest BCUT2D eigenvalue weighted by molar-refractivity contribution is 6.09. The van der Waals surface area contributed by atoms with Crippen LogP contribution in [0.25, 0.3) is 11.1 Å². The molecular weight excluding hydrogens is 340 g/mol.